The molecule has 8 nitrogen and oxygen atoms in total. The number of H-pyrrole nitrogens is 1. The number of carbonyl (C=O) groups excluding carboxylic acids is 5. The Bertz CT molecular complexity index is 875. The van der Waals surface area contributed by atoms with Crippen molar-refractivity contribution in [1.82, 2.24) is 9.88 Å². The van der Waals surface area contributed by atoms with E-state index in [2.05, 4.69) is 4.98 Å². The molecule has 1 aliphatic heterocycles. The molecule has 8 heteroatoms. The Morgan fingerprint density at radius 2 is 1.66 bits per heavy atom. The largest absolute Gasteiger partial charge is 0.453 e. The molecule has 2 aliphatic rings. The number of aromatic nitrogens is 1. The van der Waals surface area contributed by atoms with Crippen LogP contribution in [0.2, 0.25) is 0 Å². The summed E-state index contributed by atoms with van der Waals surface area (Å²) in [5.41, 5.74) is 1.75. The van der Waals surface area contributed by atoms with Crippen LogP contribution in [0, 0.1) is 25.7 Å². The molecule has 0 radical (unpaired) electrons. The van der Waals surface area contributed by atoms with Gasteiger partial charge in [-0.3, -0.25) is 28.9 Å². The van der Waals surface area contributed by atoms with Crippen molar-refractivity contribution in [2.24, 2.45) is 11.8 Å². The van der Waals surface area contributed by atoms with Crippen molar-refractivity contribution in [3.05, 3.63) is 22.5 Å². The first-order chi connectivity index (χ1) is 13.6. The van der Waals surface area contributed by atoms with Gasteiger partial charge in [-0.2, -0.15) is 0 Å². The van der Waals surface area contributed by atoms with Gasteiger partial charge in [0.25, 0.3) is 0 Å². The van der Waals surface area contributed by atoms with Crippen molar-refractivity contribution in [2.75, 3.05) is 6.54 Å². The van der Waals surface area contributed by atoms with E-state index in [1.165, 1.54) is 13.8 Å². The van der Waals surface area contributed by atoms with Crippen LogP contribution >= 0.6 is 0 Å². The van der Waals surface area contributed by atoms with Crippen LogP contribution in [0.5, 0.6) is 0 Å². The molecule has 1 saturated carbocycles. The average Bonchev–Trinajstić information content (AvgIpc) is 3.09. The van der Waals surface area contributed by atoms with Crippen LogP contribution in [0.3, 0.4) is 0 Å². The minimum atomic E-state index is -1.12. The first-order valence-corrected chi connectivity index (χ1v) is 9.92. The number of aromatic amines is 1. The van der Waals surface area contributed by atoms with E-state index in [-0.39, 0.29) is 35.1 Å². The highest BCUT2D eigenvalue weighted by molar-refractivity contribution is 6.08. The molecule has 3 rings (SSSR count). The minimum absolute atomic E-state index is 0.160. The number of nitrogens with zero attached hydrogens (tertiary/aromatic N) is 1. The molecular formula is C21H26N2O6. The third-order valence-electron chi connectivity index (χ3n) is 5.93. The van der Waals surface area contributed by atoms with E-state index >= 15 is 0 Å². The number of aryl methyl sites for hydroxylation is 1. The number of likely N-dealkylation sites (tertiary alicyclic amines) is 1. The molecule has 2 fully saturated rings. The maximum atomic E-state index is 12.7. The number of ether oxygens (including phenoxy) is 1. The van der Waals surface area contributed by atoms with Crippen molar-refractivity contribution >= 4 is 29.4 Å². The predicted octanol–water partition coefficient (Wildman–Crippen LogP) is 2.12. The number of hydrogen-bond acceptors (Lipinski definition) is 6. The molecule has 3 atom stereocenters. The topological polar surface area (TPSA) is 114 Å². The van der Waals surface area contributed by atoms with E-state index in [0.717, 1.165) is 17.7 Å². The monoisotopic (exact) mass is 402 g/mol. The van der Waals surface area contributed by atoms with E-state index in [0.29, 0.717) is 29.7 Å². The normalized spacial score (nSPS) is 22.4. The summed E-state index contributed by atoms with van der Waals surface area (Å²) in [6.45, 7) is 5.72. The number of fused-ring (bicyclic) bond motifs is 1. The SMILES string of the molecule is CC(=O)c1c(C)[nH]c(C(=O)[C@H](C)OC(=O)CN2C(=O)[C@H]3CCCC[C@@H]3C2=O)c1C. The fourth-order valence-electron chi connectivity index (χ4n) is 4.53. The van der Waals surface area contributed by atoms with E-state index in [4.69, 9.17) is 4.74 Å². The molecule has 0 spiro atoms. The predicted molar refractivity (Wildman–Crippen MR) is 102 cm³/mol. The molecule has 0 unspecified atom stereocenters. The van der Waals surface area contributed by atoms with Crippen molar-refractivity contribution in [1.29, 1.82) is 0 Å². The molecule has 0 bridgehead atoms. The van der Waals surface area contributed by atoms with Crippen LogP contribution in [-0.2, 0) is 19.1 Å². The molecule has 1 aromatic rings. The quantitative estimate of drug-likeness (QED) is 0.443. The number of ketones is 2. The molecule has 0 aromatic carbocycles. The lowest BCUT2D eigenvalue weighted by Gasteiger charge is -2.19. The summed E-state index contributed by atoms with van der Waals surface area (Å²) in [6, 6.07) is 0. The summed E-state index contributed by atoms with van der Waals surface area (Å²) >= 11 is 0. The van der Waals surface area contributed by atoms with Crippen molar-refractivity contribution < 1.29 is 28.7 Å². The van der Waals surface area contributed by atoms with Gasteiger partial charge in [0.05, 0.1) is 17.5 Å². The lowest BCUT2D eigenvalue weighted by atomic mass is 9.81. The zero-order valence-corrected chi connectivity index (χ0v) is 17.2. The molecule has 2 heterocycles. The van der Waals surface area contributed by atoms with Gasteiger partial charge in [-0.1, -0.05) is 12.8 Å². The highest BCUT2D eigenvalue weighted by Gasteiger charge is 2.48. The van der Waals surface area contributed by atoms with Crippen LogP contribution < -0.4 is 0 Å². The number of hydrogen-bond donors (Lipinski definition) is 1. The molecule has 1 aromatic heterocycles. The van der Waals surface area contributed by atoms with Crippen LogP contribution in [0.1, 0.15) is 71.6 Å². The second-order valence-corrected chi connectivity index (χ2v) is 7.94. The Morgan fingerprint density at radius 3 is 2.14 bits per heavy atom. The van der Waals surface area contributed by atoms with Gasteiger partial charge in [-0.25, -0.2) is 0 Å². The zero-order chi connectivity index (χ0) is 21.5. The van der Waals surface area contributed by atoms with Crippen molar-refractivity contribution in [2.45, 2.75) is 59.5 Å². The van der Waals surface area contributed by atoms with Crippen LogP contribution in [0.25, 0.3) is 0 Å². The second kappa shape index (κ2) is 7.93. The highest BCUT2D eigenvalue weighted by atomic mass is 16.5. The third kappa shape index (κ3) is 3.75. The van der Waals surface area contributed by atoms with Gasteiger partial charge in [-0.05, 0) is 46.1 Å². The van der Waals surface area contributed by atoms with Crippen LogP contribution in [0.4, 0.5) is 0 Å². The fourth-order valence-corrected chi connectivity index (χ4v) is 4.53. The minimum Gasteiger partial charge on any atom is -0.453 e. The molecule has 1 aliphatic carbocycles. The third-order valence-corrected chi connectivity index (χ3v) is 5.93. The molecule has 1 N–H and O–H groups in total. The van der Waals surface area contributed by atoms with Gasteiger partial charge in [0.2, 0.25) is 17.6 Å². The maximum absolute atomic E-state index is 12.7. The first kappa shape index (κ1) is 21.0. The van der Waals surface area contributed by atoms with Gasteiger partial charge in [0.15, 0.2) is 11.9 Å². The second-order valence-electron chi connectivity index (χ2n) is 7.94. The number of carbonyl (C=O) groups is 5. The van der Waals surface area contributed by atoms with Crippen LogP contribution in [-0.4, -0.2) is 51.9 Å². The molecule has 156 valence electrons. The Labute approximate surface area is 169 Å². The van der Waals surface area contributed by atoms with Crippen molar-refractivity contribution in [3.8, 4) is 0 Å². The summed E-state index contributed by atoms with van der Waals surface area (Å²) in [5, 5.41) is 0. The summed E-state index contributed by atoms with van der Waals surface area (Å²) in [7, 11) is 0. The summed E-state index contributed by atoms with van der Waals surface area (Å²) < 4.78 is 5.20. The highest BCUT2D eigenvalue weighted by Crippen LogP contribution is 2.37. The number of amides is 2. The summed E-state index contributed by atoms with van der Waals surface area (Å²) in [5.74, 6) is -2.75. The zero-order valence-electron chi connectivity index (χ0n) is 17.2. The van der Waals surface area contributed by atoms with Crippen molar-refractivity contribution in [3.63, 3.8) is 0 Å². The van der Waals surface area contributed by atoms with Gasteiger partial charge in [0.1, 0.15) is 6.54 Å². The Balaban J connectivity index is 1.66. The lowest BCUT2D eigenvalue weighted by molar-refractivity contribution is -0.154. The molecular weight excluding hydrogens is 376 g/mol. The van der Waals surface area contributed by atoms with Gasteiger partial charge in [0, 0.05) is 11.3 Å². The average molecular weight is 402 g/mol. The van der Waals surface area contributed by atoms with Gasteiger partial charge in [-0.15, -0.1) is 0 Å². The van der Waals surface area contributed by atoms with E-state index < -0.39 is 24.4 Å². The van der Waals surface area contributed by atoms with E-state index in [1.807, 2.05) is 0 Å². The number of nitrogens with one attached hydrogen (secondary N) is 1. The lowest BCUT2D eigenvalue weighted by Crippen LogP contribution is -2.38. The van der Waals surface area contributed by atoms with E-state index in [9.17, 15) is 24.0 Å². The Hall–Kier alpha value is -2.77. The summed E-state index contributed by atoms with van der Waals surface area (Å²) in [6.07, 6.45) is 2.02. The van der Waals surface area contributed by atoms with Gasteiger partial charge < -0.3 is 9.72 Å². The molecule has 29 heavy (non-hydrogen) atoms. The Kier molecular flexibility index (Phi) is 5.73. The standard InChI is InChI=1S/C21H26N2O6/c1-10-17(12(3)24)11(2)22-18(10)19(26)13(4)29-16(25)9-23-20(27)14-7-5-6-8-15(14)21(23)28/h13-15,22H,5-9H2,1-4H3/t13-,14-,15-/m0/s1. The molecule has 1 saturated heterocycles. The van der Waals surface area contributed by atoms with E-state index in [1.54, 1.807) is 13.8 Å². The number of rotatable bonds is 6. The number of Topliss-reactive ketones (excluding diaryl/α,β-unsaturated/α-hetero) is 2. The summed E-state index contributed by atoms with van der Waals surface area (Å²) in [4.78, 5) is 65.6. The number of imide groups is 1. The van der Waals surface area contributed by atoms with Crippen LogP contribution in [0.15, 0.2) is 0 Å². The first-order valence-electron chi connectivity index (χ1n) is 9.92. The Morgan fingerprint density at radius 1 is 1.10 bits per heavy atom. The smallest absolute Gasteiger partial charge is 0.326 e. The number of esters is 1. The fraction of sp³-hybridized carbons (Fsp3) is 0.571. The van der Waals surface area contributed by atoms with Gasteiger partial charge >= 0.3 is 5.97 Å². The molecule has 2 amide bonds. The maximum Gasteiger partial charge on any atom is 0.326 e.